The zero-order valence-corrected chi connectivity index (χ0v) is 56.7. The van der Waals surface area contributed by atoms with Crippen molar-refractivity contribution in [3.8, 4) is 17.2 Å². The Hall–Kier alpha value is -5.40. The Bertz CT molecular complexity index is 3600. The molecule has 3 spiro atoms. The van der Waals surface area contributed by atoms with Gasteiger partial charge in [-0.05, 0) is 208 Å². The average Bonchev–Trinajstić information content (AvgIpc) is 1.72. The molecule has 4 saturated heterocycles. The van der Waals surface area contributed by atoms with Gasteiger partial charge < -0.3 is 90.3 Å². The van der Waals surface area contributed by atoms with Crippen LogP contribution in [0.3, 0.4) is 0 Å². The average molecular weight is 1400 g/mol. The maximum Gasteiger partial charge on any atom is 0.143 e. The predicted molar refractivity (Wildman–Crippen MR) is 366 cm³/mol. The lowest BCUT2D eigenvalue weighted by molar-refractivity contribution is -0.227. The van der Waals surface area contributed by atoms with E-state index >= 15 is 0 Å². The minimum atomic E-state index is -1.50. The SMILES string of the molecule is C[C@H]1O[C@@H](c2ccc(Cl)c(Cc3ccc4c(c3)CCC3(CCNC3)O4)c2)[C@H](O)[C@@H](O)[C@@H]1O.C[C@H]1O[C@@H](c2ccc(Cl)c(Cc3ccc4c(c3)NCC3(CCCC3)O4)c2)[C@H](O)[C@@H](O)[C@@H]1O.O[C@@H]1[C@@H](O)[C@H](c2ccc(Cl)c(Cc3ccc4c(c3)NCC3(CCCC3)O4)c2)O[C@H](CF)[C@H]1O. The van der Waals surface area contributed by atoms with Gasteiger partial charge in [0.05, 0.1) is 36.7 Å². The maximum absolute atomic E-state index is 13.3. The lowest BCUT2D eigenvalue weighted by Crippen LogP contribution is -2.54. The van der Waals surface area contributed by atoms with E-state index in [0.717, 1.165) is 144 Å². The molecule has 97 heavy (non-hydrogen) atoms. The van der Waals surface area contributed by atoms with Crippen LogP contribution >= 0.6 is 34.8 Å². The van der Waals surface area contributed by atoms with Crippen molar-refractivity contribution in [1.82, 2.24) is 5.32 Å². The van der Waals surface area contributed by atoms with E-state index in [4.69, 9.17) is 63.2 Å². The van der Waals surface area contributed by atoms with Gasteiger partial charge in [-0.1, -0.05) is 95.5 Å². The lowest BCUT2D eigenvalue weighted by Gasteiger charge is -2.40. The van der Waals surface area contributed by atoms with Gasteiger partial charge in [0.25, 0.3) is 0 Å². The highest BCUT2D eigenvalue weighted by Gasteiger charge is 2.47. The maximum atomic E-state index is 13.3. The number of halogens is 4. The number of hydrogen-bond donors (Lipinski definition) is 12. The Morgan fingerprint density at radius 1 is 0.423 bits per heavy atom. The van der Waals surface area contributed by atoms with Crippen molar-refractivity contribution >= 4 is 46.2 Å². The van der Waals surface area contributed by atoms with Crippen LogP contribution in [0.2, 0.25) is 15.1 Å². The number of aliphatic hydroxyl groups excluding tert-OH is 9. The van der Waals surface area contributed by atoms with Gasteiger partial charge in [-0.2, -0.15) is 0 Å². The van der Waals surface area contributed by atoms with Crippen LogP contribution in [0.5, 0.6) is 17.2 Å². The number of fused-ring (bicyclic) bond motifs is 3. The Kier molecular flexibility index (Phi) is 21.1. The molecule has 18 nitrogen and oxygen atoms in total. The zero-order valence-electron chi connectivity index (χ0n) is 54.5. The van der Waals surface area contributed by atoms with Gasteiger partial charge in [-0.15, -0.1) is 0 Å². The highest BCUT2D eigenvalue weighted by molar-refractivity contribution is 6.32. The van der Waals surface area contributed by atoms with Crippen LogP contribution in [0.25, 0.3) is 0 Å². The number of alkyl halides is 1. The third-order valence-corrected chi connectivity index (χ3v) is 22.5. The quantitative estimate of drug-likeness (QED) is 0.0608. The van der Waals surface area contributed by atoms with E-state index in [9.17, 15) is 50.3 Å². The molecule has 7 aliphatic heterocycles. The van der Waals surface area contributed by atoms with Crippen LogP contribution in [0, 0.1) is 0 Å². The molecule has 0 aromatic heterocycles. The molecule has 16 atom stereocenters. The van der Waals surface area contributed by atoms with Crippen LogP contribution in [0.4, 0.5) is 15.8 Å². The van der Waals surface area contributed by atoms with Crippen molar-refractivity contribution in [1.29, 1.82) is 0 Å². The van der Waals surface area contributed by atoms with Crippen molar-refractivity contribution in [2.75, 3.05) is 43.5 Å². The summed E-state index contributed by atoms with van der Waals surface area (Å²) in [4.78, 5) is 0. The molecule has 0 radical (unpaired) electrons. The minimum Gasteiger partial charge on any atom is -0.486 e. The van der Waals surface area contributed by atoms with Crippen molar-refractivity contribution in [2.24, 2.45) is 0 Å². The molecule has 6 aromatic rings. The standard InChI is InChI=1S/C25H29ClFNO5.2C25H30ClNO5/c26-17-5-4-15(24-23(31)22(30)21(29)20(12-27)32-24)11-16(17)9-14-3-6-19-18(10-14)28-13-25(33-19)7-1-2-8-25;1-14-21(28)22(29)23(30)24(31-14)17-3-4-19(26)18(12-17)11-15-2-5-20-16(10-15)6-7-25(32-20)8-9-27-13-25;1-14-21(28)22(29)23(30)24(31-14)16-5-6-18(26)17(12-16)10-15-4-7-20-19(11-15)27-13-25(32-20)8-2-3-9-25/h3-6,10-11,20-24,28-31H,1-2,7-9,12-13H2;2-5,10,12,14,21-24,27-30H,6-9,11,13H2,1H3;4-7,11-12,14,21-24,27-30H,2-3,8-10,13H2,1H3/t20-,21-,22+,23-,24+;14-,21-,22+,23-,24+,25?;14-,21-,22+,23-,24+/m111/s1. The first-order valence-corrected chi connectivity index (χ1v) is 35.4. The Morgan fingerprint density at radius 2 is 0.814 bits per heavy atom. The van der Waals surface area contributed by atoms with Crippen molar-refractivity contribution < 1.29 is 78.8 Å². The summed E-state index contributed by atoms with van der Waals surface area (Å²) >= 11 is 19.5. The second-order valence-electron chi connectivity index (χ2n) is 28.3. The topological polar surface area (TPSA) is 274 Å². The number of benzene rings is 6. The molecule has 2 saturated carbocycles. The fourth-order valence-electron chi connectivity index (χ4n) is 15.6. The van der Waals surface area contributed by atoms with Gasteiger partial charge in [0.2, 0.25) is 0 Å². The number of anilines is 2. The summed E-state index contributed by atoms with van der Waals surface area (Å²) in [5, 5.41) is 104. The Morgan fingerprint density at radius 3 is 1.24 bits per heavy atom. The molecule has 522 valence electrons. The normalized spacial score (nSPS) is 32.0. The van der Waals surface area contributed by atoms with E-state index in [-0.39, 0.29) is 16.8 Å². The molecule has 0 bridgehead atoms. The van der Waals surface area contributed by atoms with Crippen LogP contribution in [0.15, 0.2) is 109 Å². The van der Waals surface area contributed by atoms with E-state index in [2.05, 4.69) is 52.3 Å². The second-order valence-corrected chi connectivity index (χ2v) is 29.5. The molecule has 22 heteroatoms. The first-order chi connectivity index (χ1) is 46.6. The molecule has 15 rings (SSSR count). The number of hydrogen-bond acceptors (Lipinski definition) is 18. The van der Waals surface area contributed by atoms with Gasteiger partial charge in [0.15, 0.2) is 0 Å². The summed E-state index contributed by atoms with van der Waals surface area (Å²) < 4.78 is 49.6. The summed E-state index contributed by atoms with van der Waals surface area (Å²) in [5.41, 5.74) is 10.9. The largest absolute Gasteiger partial charge is 0.486 e. The molecule has 12 N–H and O–H groups in total. The molecular weight excluding hydrogens is 1310 g/mol. The third-order valence-electron chi connectivity index (χ3n) is 21.4. The fourth-order valence-corrected chi connectivity index (χ4v) is 16.1. The number of aryl methyl sites for hydroxylation is 1. The van der Waals surface area contributed by atoms with Gasteiger partial charge in [-0.3, -0.25) is 0 Å². The number of ether oxygens (including phenoxy) is 6. The summed E-state index contributed by atoms with van der Waals surface area (Å²) in [6, 6.07) is 34.8. The lowest BCUT2D eigenvalue weighted by atomic mass is 9.88. The van der Waals surface area contributed by atoms with Gasteiger partial charge in [-0.25, -0.2) is 4.39 Å². The second kappa shape index (κ2) is 29.3. The van der Waals surface area contributed by atoms with Crippen molar-refractivity contribution in [3.05, 3.63) is 180 Å². The molecular formula is C75H89Cl3FN3O15. The number of nitrogens with one attached hydrogen (secondary N) is 3. The first kappa shape index (κ1) is 70.1. The Balaban J connectivity index is 0.000000131. The molecule has 9 aliphatic rings. The predicted octanol–water partition coefficient (Wildman–Crippen LogP) is 9.66. The molecule has 6 aromatic carbocycles. The first-order valence-electron chi connectivity index (χ1n) is 34.2. The minimum absolute atomic E-state index is 0.0533. The fraction of sp³-hybridized carbons (Fsp3) is 0.520. The molecule has 1 unspecified atom stereocenters. The summed E-state index contributed by atoms with van der Waals surface area (Å²) in [6.45, 7) is 5.97. The monoisotopic (exact) mass is 1400 g/mol. The highest BCUT2D eigenvalue weighted by atomic mass is 35.5. The van der Waals surface area contributed by atoms with E-state index in [0.29, 0.717) is 39.9 Å². The third kappa shape index (κ3) is 14.9. The van der Waals surface area contributed by atoms with Crippen molar-refractivity contribution in [2.45, 2.75) is 212 Å². The summed E-state index contributed by atoms with van der Waals surface area (Å²) in [6.07, 6.45) is -2.35. The van der Waals surface area contributed by atoms with Crippen LogP contribution in [0.1, 0.15) is 152 Å². The van der Waals surface area contributed by atoms with Gasteiger partial charge >= 0.3 is 0 Å². The molecule has 2 aliphatic carbocycles. The van der Waals surface area contributed by atoms with E-state index < -0.39 is 98.2 Å². The van der Waals surface area contributed by atoms with Crippen LogP contribution in [-0.2, 0) is 39.9 Å². The molecule has 7 heterocycles. The number of aliphatic hydroxyl groups is 9. The summed E-state index contributed by atoms with van der Waals surface area (Å²) in [5.74, 6) is 2.75. The molecule has 0 amide bonds. The van der Waals surface area contributed by atoms with Gasteiger partial charge in [0, 0.05) is 28.0 Å². The smallest absolute Gasteiger partial charge is 0.143 e. The van der Waals surface area contributed by atoms with Crippen LogP contribution in [-0.4, -0.2) is 169 Å². The van der Waals surface area contributed by atoms with E-state index in [1.54, 1.807) is 56.3 Å². The highest BCUT2D eigenvalue weighted by Crippen LogP contribution is 2.46. The van der Waals surface area contributed by atoms with Crippen molar-refractivity contribution in [3.63, 3.8) is 0 Å². The van der Waals surface area contributed by atoms with Gasteiger partial charge in [0.1, 0.15) is 120 Å². The Labute approximate surface area is 579 Å². The zero-order chi connectivity index (χ0) is 68.1. The van der Waals surface area contributed by atoms with E-state index in [1.165, 1.54) is 31.2 Å². The number of rotatable bonds is 10. The summed E-state index contributed by atoms with van der Waals surface area (Å²) in [7, 11) is 0. The van der Waals surface area contributed by atoms with Crippen LogP contribution < -0.4 is 30.2 Å². The van der Waals surface area contributed by atoms with E-state index in [1.807, 2.05) is 30.3 Å². The molecule has 6 fully saturated rings.